The van der Waals surface area contributed by atoms with Crippen LogP contribution in [0.5, 0.6) is 0 Å². The second kappa shape index (κ2) is 8.39. The first kappa shape index (κ1) is 23.5. The van der Waals surface area contributed by atoms with Gasteiger partial charge in [-0.05, 0) is 62.4 Å². The number of aryl methyl sites for hydroxylation is 2. The van der Waals surface area contributed by atoms with E-state index in [-0.39, 0.29) is 16.5 Å². The summed E-state index contributed by atoms with van der Waals surface area (Å²) in [6, 6.07) is 9.54. The van der Waals surface area contributed by atoms with E-state index >= 15 is 0 Å². The molecule has 2 N–H and O–H groups in total. The molecule has 13 heteroatoms. The van der Waals surface area contributed by atoms with Gasteiger partial charge in [0.15, 0.2) is 0 Å². The van der Waals surface area contributed by atoms with Crippen molar-refractivity contribution in [1.29, 1.82) is 0 Å². The molecule has 0 aliphatic heterocycles. The van der Waals surface area contributed by atoms with Crippen LogP contribution in [-0.4, -0.2) is 26.8 Å². The van der Waals surface area contributed by atoms with Crippen molar-refractivity contribution in [2.45, 2.75) is 29.8 Å². The molecule has 3 rings (SSSR count). The SMILES string of the molecule is Cc1cc(C)nc(NS(=O)(=O)c2ccc(NS(=O)(=O)c3cccc(C(F)(F)F)c3)cc2)n1. The largest absolute Gasteiger partial charge is 0.416 e. The third kappa shape index (κ3) is 5.53. The zero-order chi connectivity index (χ0) is 23.7. The standard InChI is InChI=1S/C19H17F3N4O4S2/c1-12-10-13(2)24-18(23-12)26-31(27,28)16-8-6-15(7-9-16)25-32(29,30)17-5-3-4-14(11-17)19(20,21)22/h3-11,25H,1-2H3,(H,23,24,26). The van der Waals surface area contributed by atoms with Gasteiger partial charge in [0.05, 0.1) is 15.4 Å². The van der Waals surface area contributed by atoms with E-state index in [9.17, 15) is 30.0 Å². The van der Waals surface area contributed by atoms with Crippen LogP contribution in [-0.2, 0) is 26.2 Å². The van der Waals surface area contributed by atoms with Gasteiger partial charge in [0.2, 0.25) is 5.95 Å². The number of nitrogens with zero attached hydrogens (tertiary/aromatic N) is 2. The lowest BCUT2D eigenvalue weighted by atomic mass is 10.2. The first-order valence-corrected chi connectivity index (χ1v) is 11.9. The second-order valence-electron chi connectivity index (χ2n) is 6.74. The molecule has 8 nitrogen and oxygen atoms in total. The van der Waals surface area contributed by atoms with E-state index in [2.05, 4.69) is 19.4 Å². The summed E-state index contributed by atoms with van der Waals surface area (Å²) >= 11 is 0. The molecule has 0 aliphatic rings. The third-order valence-corrected chi connectivity index (χ3v) is 6.82. The summed E-state index contributed by atoms with van der Waals surface area (Å²) in [5.74, 6) is -0.114. The summed E-state index contributed by atoms with van der Waals surface area (Å²) < 4.78 is 92.9. The van der Waals surface area contributed by atoms with Gasteiger partial charge in [-0.25, -0.2) is 31.5 Å². The zero-order valence-electron chi connectivity index (χ0n) is 16.7. The predicted octanol–water partition coefficient (Wildman–Crippen LogP) is 3.71. The number of halogens is 3. The van der Waals surface area contributed by atoms with Crippen molar-refractivity contribution in [3.63, 3.8) is 0 Å². The highest BCUT2D eigenvalue weighted by Crippen LogP contribution is 2.31. The molecule has 0 unspecified atom stereocenters. The molecular formula is C19H17F3N4O4S2. The van der Waals surface area contributed by atoms with Crippen molar-refractivity contribution in [1.82, 2.24) is 9.97 Å². The molecule has 170 valence electrons. The molecule has 1 aromatic heterocycles. The molecule has 0 fully saturated rings. The van der Waals surface area contributed by atoms with E-state index in [1.54, 1.807) is 19.9 Å². The Labute approximate surface area is 182 Å². The van der Waals surface area contributed by atoms with Gasteiger partial charge in [0.25, 0.3) is 20.0 Å². The Kier molecular flexibility index (Phi) is 6.15. The lowest BCUT2D eigenvalue weighted by molar-refractivity contribution is -0.137. The normalized spacial score (nSPS) is 12.4. The van der Waals surface area contributed by atoms with Crippen molar-refractivity contribution in [2.24, 2.45) is 0 Å². The molecule has 0 amide bonds. The van der Waals surface area contributed by atoms with Gasteiger partial charge in [0, 0.05) is 17.1 Å². The minimum Gasteiger partial charge on any atom is -0.280 e. The van der Waals surface area contributed by atoms with Crippen LogP contribution in [0, 0.1) is 13.8 Å². The average molecular weight is 486 g/mol. The van der Waals surface area contributed by atoms with Crippen LogP contribution in [0.2, 0.25) is 0 Å². The number of sulfonamides is 2. The monoisotopic (exact) mass is 486 g/mol. The van der Waals surface area contributed by atoms with Gasteiger partial charge >= 0.3 is 6.18 Å². The molecule has 0 spiro atoms. The van der Waals surface area contributed by atoms with Crippen LogP contribution in [0.4, 0.5) is 24.8 Å². The number of aromatic nitrogens is 2. The highest BCUT2D eigenvalue weighted by atomic mass is 32.2. The van der Waals surface area contributed by atoms with Crippen LogP contribution >= 0.6 is 0 Å². The van der Waals surface area contributed by atoms with E-state index in [4.69, 9.17) is 0 Å². The molecule has 3 aromatic rings. The van der Waals surface area contributed by atoms with Crippen molar-refractivity contribution in [3.8, 4) is 0 Å². The van der Waals surface area contributed by atoms with Gasteiger partial charge in [0.1, 0.15) is 0 Å². The molecule has 0 saturated carbocycles. The smallest absolute Gasteiger partial charge is 0.280 e. The Morgan fingerprint density at radius 3 is 1.88 bits per heavy atom. The molecule has 1 heterocycles. The van der Waals surface area contributed by atoms with E-state index < -0.39 is 36.7 Å². The summed E-state index contributed by atoms with van der Waals surface area (Å²) in [4.78, 5) is 7.21. The number of hydrogen-bond donors (Lipinski definition) is 2. The molecule has 0 atom stereocenters. The summed E-state index contributed by atoms with van der Waals surface area (Å²) in [5.41, 5.74) is -0.0189. The maximum absolute atomic E-state index is 12.9. The van der Waals surface area contributed by atoms with Crippen molar-refractivity contribution in [3.05, 3.63) is 71.5 Å². The van der Waals surface area contributed by atoms with Crippen molar-refractivity contribution < 1.29 is 30.0 Å². The third-order valence-electron chi connectivity index (χ3n) is 4.10. The lowest BCUT2D eigenvalue weighted by Crippen LogP contribution is -2.16. The van der Waals surface area contributed by atoms with Crippen molar-refractivity contribution >= 4 is 31.7 Å². The predicted molar refractivity (Wildman–Crippen MR) is 111 cm³/mol. The fraction of sp³-hybridized carbons (Fsp3) is 0.158. The van der Waals surface area contributed by atoms with Crippen LogP contribution in [0.25, 0.3) is 0 Å². The van der Waals surface area contributed by atoms with E-state index in [0.29, 0.717) is 17.5 Å². The molecule has 0 radical (unpaired) electrons. The molecular weight excluding hydrogens is 469 g/mol. The minimum atomic E-state index is -4.70. The Morgan fingerprint density at radius 1 is 0.750 bits per heavy atom. The molecule has 0 bridgehead atoms. The topological polar surface area (TPSA) is 118 Å². The summed E-state index contributed by atoms with van der Waals surface area (Å²) in [7, 11) is -8.40. The highest BCUT2D eigenvalue weighted by Gasteiger charge is 2.31. The Bertz CT molecular complexity index is 1340. The number of rotatable bonds is 6. The fourth-order valence-electron chi connectivity index (χ4n) is 2.71. The quantitative estimate of drug-likeness (QED) is 0.548. The number of hydrogen-bond acceptors (Lipinski definition) is 6. The summed E-state index contributed by atoms with van der Waals surface area (Å²) in [6.07, 6.45) is -4.70. The minimum absolute atomic E-state index is 0.0380. The van der Waals surface area contributed by atoms with Crippen LogP contribution in [0.15, 0.2) is 64.4 Å². The maximum atomic E-state index is 12.9. The van der Waals surface area contributed by atoms with Crippen molar-refractivity contribution in [2.75, 3.05) is 9.44 Å². The van der Waals surface area contributed by atoms with E-state index in [1.807, 2.05) is 0 Å². The lowest BCUT2D eigenvalue weighted by Gasteiger charge is -2.12. The highest BCUT2D eigenvalue weighted by molar-refractivity contribution is 7.93. The van der Waals surface area contributed by atoms with Gasteiger partial charge < -0.3 is 0 Å². The molecule has 0 aliphatic carbocycles. The number of nitrogens with one attached hydrogen (secondary N) is 2. The van der Waals surface area contributed by atoms with Crippen LogP contribution < -0.4 is 9.44 Å². The van der Waals surface area contributed by atoms with E-state index in [0.717, 1.165) is 30.3 Å². The average Bonchev–Trinajstić information content (AvgIpc) is 2.66. The zero-order valence-corrected chi connectivity index (χ0v) is 18.3. The van der Waals surface area contributed by atoms with Gasteiger partial charge in [-0.2, -0.15) is 13.2 Å². The second-order valence-corrected chi connectivity index (χ2v) is 10.1. The molecule has 0 saturated heterocycles. The summed E-state index contributed by atoms with van der Waals surface area (Å²) in [5, 5.41) is 0. The Hall–Kier alpha value is -3.19. The Morgan fingerprint density at radius 2 is 1.31 bits per heavy atom. The van der Waals surface area contributed by atoms with Gasteiger partial charge in [-0.15, -0.1) is 0 Å². The summed E-state index contributed by atoms with van der Waals surface area (Å²) in [6.45, 7) is 3.36. The van der Waals surface area contributed by atoms with Gasteiger partial charge in [-0.1, -0.05) is 6.07 Å². The fourth-order valence-corrected chi connectivity index (χ4v) is 4.75. The molecule has 2 aromatic carbocycles. The molecule has 32 heavy (non-hydrogen) atoms. The number of benzene rings is 2. The van der Waals surface area contributed by atoms with Gasteiger partial charge in [-0.3, -0.25) is 4.72 Å². The van der Waals surface area contributed by atoms with Crippen LogP contribution in [0.3, 0.4) is 0 Å². The Balaban J connectivity index is 1.81. The van der Waals surface area contributed by atoms with Crippen LogP contribution in [0.1, 0.15) is 17.0 Å². The number of anilines is 2. The first-order chi connectivity index (χ1) is 14.8. The number of alkyl halides is 3. The first-order valence-electron chi connectivity index (χ1n) is 8.91. The maximum Gasteiger partial charge on any atom is 0.416 e. The van der Waals surface area contributed by atoms with E-state index in [1.165, 1.54) is 12.1 Å².